The second-order valence-electron chi connectivity index (χ2n) is 5.04. The minimum atomic E-state index is -0.0682. The number of hydrogen-bond acceptors (Lipinski definition) is 3. The average Bonchev–Trinajstić information content (AvgIpc) is 2.88. The molecule has 0 unspecified atom stereocenters. The molecule has 0 spiro atoms. The first-order valence-electron chi connectivity index (χ1n) is 7.15. The maximum atomic E-state index is 11.9. The second-order valence-corrected chi connectivity index (χ2v) is 6.05. The van der Waals surface area contributed by atoms with Crippen LogP contribution in [0.4, 0.5) is 0 Å². The lowest BCUT2D eigenvalue weighted by molar-refractivity contribution is -0.121. The summed E-state index contributed by atoms with van der Waals surface area (Å²) in [7, 11) is 1.95. The molecule has 0 saturated carbocycles. The number of amides is 1. The largest absolute Gasteiger partial charge is 0.318 e. The second kappa shape index (κ2) is 6.58. The van der Waals surface area contributed by atoms with Gasteiger partial charge in [0.05, 0.1) is 10.2 Å². The zero-order valence-electron chi connectivity index (χ0n) is 12.3. The van der Waals surface area contributed by atoms with E-state index in [4.69, 9.17) is 0 Å². The highest BCUT2D eigenvalue weighted by Crippen LogP contribution is 2.14. The molecule has 0 aliphatic carbocycles. The predicted molar refractivity (Wildman–Crippen MR) is 89.3 cm³/mol. The van der Waals surface area contributed by atoms with E-state index < -0.39 is 0 Å². The van der Waals surface area contributed by atoms with E-state index in [-0.39, 0.29) is 5.91 Å². The Kier molecular flexibility index (Phi) is 4.34. The third-order valence-electron chi connectivity index (χ3n) is 3.47. The van der Waals surface area contributed by atoms with Gasteiger partial charge in [-0.2, -0.15) is 0 Å². The summed E-state index contributed by atoms with van der Waals surface area (Å²) in [6.45, 7) is 0. The number of carbonyl (C=O) groups is 1. The number of fused-ring (bicyclic) bond motifs is 1. The molecule has 0 atom stereocenters. The predicted octanol–water partition coefficient (Wildman–Crippen LogP) is 2.80. The summed E-state index contributed by atoms with van der Waals surface area (Å²) in [5, 5.41) is 4.24. The highest BCUT2D eigenvalue weighted by molar-refractivity contribution is 7.16. The molecule has 1 heterocycles. The number of benzene rings is 2. The van der Waals surface area contributed by atoms with Crippen molar-refractivity contribution in [1.82, 2.24) is 9.99 Å². The Morgan fingerprint density at radius 2 is 1.86 bits per heavy atom. The fourth-order valence-corrected chi connectivity index (χ4v) is 3.24. The average molecular weight is 311 g/mol. The first kappa shape index (κ1) is 14.5. The van der Waals surface area contributed by atoms with Gasteiger partial charge in [-0.15, -0.1) is 5.10 Å². The van der Waals surface area contributed by atoms with Crippen LogP contribution in [0.3, 0.4) is 0 Å². The van der Waals surface area contributed by atoms with Crippen molar-refractivity contribution >= 4 is 27.5 Å². The molecule has 1 amide bonds. The first-order valence-corrected chi connectivity index (χ1v) is 7.97. The van der Waals surface area contributed by atoms with Crippen molar-refractivity contribution in [2.24, 2.45) is 12.1 Å². The summed E-state index contributed by atoms with van der Waals surface area (Å²) >= 11 is 1.56. The maximum absolute atomic E-state index is 11.9. The summed E-state index contributed by atoms with van der Waals surface area (Å²) in [4.78, 5) is 12.7. The highest BCUT2D eigenvalue weighted by Gasteiger charge is 2.03. The van der Waals surface area contributed by atoms with Gasteiger partial charge in [-0.3, -0.25) is 4.79 Å². The van der Waals surface area contributed by atoms with Crippen molar-refractivity contribution in [3.8, 4) is 0 Å². The lowest BCUT2D eigenvalue weighted by Gasteiger charge is -2.00. The zero-order valence-corrected chi connectivity index (χ0v) is 13.1. The maximum Gasteiger partial charge on any atom is 0.240 e. The van der Waals surface area contributed by atoms with Gasteiger partial charge in [0.1, 0.15) is 0 Å². The molecule has 112 valence electrons. The van der Waals surface area contributed by atoms with Crippen LogP contribution in [0.5, 0.6) is 0 Å². The summed E-state index contributed by atoms with van der Waals surface area (Å²) < 4.78 is 3.14. The van der Waals surface area contributed by atoms with Crippen LogP contribution in [0.2, 0.25) is 0 Å². The molecule has 0 bridgehead atoms. The van der Waals surface area contributed by atoms with Gasteiger partial charge in [0.2, 0.25) is 10.7 Å². The Morgan fingerprint density at radius 1 is 1.14 bits per heavy atom. The molecule has 0 saturated heterocycles. The summed E-state index contributed by atoms with van der Waals surface area (Å²) in [6.07, 6.45) is 1.16. The fourth-order valence-electron chi connectivity index (χ4n) is 2.26. The van der Waals surface area contributed by atoms with E-state index in [0.717, 1.165) is 27.0 Å². The van der Waals surface area contributed by atoms with Crippen LogP contribution in [0.1, 0.15) is 12.0 Å². The third-order valence-corrected chi connectivity index (χ3v) is 4.59. The molecular weight excluding hydrogens is 294 g/mol. The van der Waals surface area contributed by atoms with E-state index >= 15 is 0 Å². The number of carbonyl (C=O) groups excluding carboxylic acids is 1. The van der Waals surface area contributed by atoms with Crippen LogP contribution in [0.15, 0.2) is 59.7 Å². The van der Waals surface area contributed by atoms with Gasteiger partial charge >= 0.3 is 0 Å². The van der Waals surface area contributed by atoms with Crippen molar-refractivity contribution in [2.45, 2.75) is 12.8 Å². The monoisotopic (exact) mass is 311 g/mol. The zero-order chi connectivity index (χ0) is 15.4. The number of thiazole rings is 1. The number of para-hydroxylation sites is 1. The summed E-state index contributed by atoms with van der Waals surface area (Å²) in [5.74, 6) is -0.0682. The van der Waals surface area contributed by atoms with E-state index in [1.165, 1.54) is 0 Å². The van der Waals surface area contributed by atoms with Crippen LogP contribution >= 0.6 is 11.3 Å². The molecule has 3 aromatic rings. The van der Waals surface area contributed by atoms with E-state index in [0.29, 0.717) is 6.42 Å². The quantitative estimate of drug-likeness (QED) is 0.740. The lowest BCUT2D eigenvalue weighted by atomic mass is 10.1. The van der Waals surface area contributed by atoms with Gasteiger partial charge in [-0.05, 0) is 24.1 Å². The highest BCUT2D eigenvalue weighted by atomic mass is 32.1. The molecule has 2 aromatic carbocycles. The Bertz CT molecular complexity index is 849. The third kappa shape index (κ3) is 3.26. The van der Waals surface area contributed by atoms with Crippen molar-refractivity contribution in [1.29, 1.82) is 0 Å². The van der Waals surface area contributed by atoms with Gasteiger partial charge in [0.25, 0.3) is 0 Å². The van der Waals surface area contributed by atoms with Crippen molar-refractivity contribution < 1.29 is 4.79 Å². The number of hydrogen-bond donors (Lipinski definition) is 1. The molecule has 0 radical (unpaired) electrons. The molecule has 22 heavy (non-hydrogen) atoms. The summed E-state index contributed by atoms with van der Waals surface area (Å²) in [6, 6.07) is 18.1. The number of aryl methyl sites for hydroxylation is 2. The van der Waals surface area contributed by atoms with E-state index in [1.807, 2.05) is 60.1 Å². The van der Waals surface area contributed by atoms with E-state index in [1.54, 1.807) is 11.3 Å². The molecular formula is C17H17N3OS. The molecule has 5 heteroatoms. The Hall–Kier alpha value is -2.40. The Balaban J connectivity index is 1.67. The standard InChI is InChI=1S/C17H17N3OS/c1-20-14-9-5-6-10-15(14)22-17(20)19-18-16(21)12-11-13-7-3-2-4-8-13/h2-10H,11-12H2,1H3,(H,18,21)/b19-17+. The topological polar surface area (TPSA) is 46.4 Å². The SMILES string of the molecule is Cn1/c(=N\NC(=O)CCc2ccccc2)sc2ccccc21. The van der Waals surface area contributed by atoms with Crippen molar-refractivity contribution in [2.75, 3.05) is 0 Å². The van der Waals surface area contributed by atoms with Crippen LogP contribution < -0.4 is 10.2 Å². The molecule has 3 rings (SSSR count). The minimum Gasteiger partial charge on any atom is -0.318 e. The van der Waals surface area contributed by atoms with Crippen molar-refractivity contribution in [3.63, 3.8) is 0 Å². The molecule has 0 fully saturated rings. The normalized spacial score (nSPS) is 11.8. The van der Waals surface area contributed by atoms with Crippen LogP contribution in [-0.2, 0) is 18.3 Å². The van der Waals surface area contributed by atoms with Gasteiger partial charge in [-0.1, -0.05) is 53.8 Å². The summed E-state index contributed by atoms with van der Waals surface area (Å²) in [5.41, 5.74) is 4.92. The van der Waals surface area contributed by atoms with Gasteiger partial charge in [0.15, 0.2) is 0 Å². The molecule has 1 aromatic heterocycles. The number of aromatic nitrogens is 1. The lowest BCUT2D eigenvalue weighted by Crippen LogP contribution is -2.23. The van der Waals surface area contributed by atoms with E-state index in [2.05, 4.69) is 16.6 Å². The Morgan fingerprint density at radius 3 is 2.64 bits per heavy atom. The molecule has 1 N–H and O–H groups in total. The Labute approximate surface area is 132 Å². The van der Waals surface area contributed by atoms with Gasteiger partial charge < -0.3 is 4.57 Å². The minimum absolute atomic E-state index is 0.0682. The number of nitrogens with one attached hydrogen (secondary N) is 1. The number of nitrogens with zero attached hydrogens (tertiary/aromatic N) is 2. The smallest absolute Gasteiger partial charge is 0.240 e. The van der Waals surface area contributed by atoms with Crippen molar-refractivity contribution in [3.05, 3.63) is 65.0 Å². The van der Waals surface area contributed by atoms with Gasteiger partial charge in [-0.25, -0.2) is 5.43 Å². The first-order chi connectivity index (χ1) is 10.7. The molecule has 0 aliphatic rings. The van der Waals surface area contributed by atoms with Gasteiger partial charge in [0, 0.05) is 13.5 Å². The van der Waals surface area contributed by atoms with Crippen LogP contribution in [0, 0.1) is 0 Å². The fraction of sp³-hybridized carbons (Fsp3) is 0.176. The molecule has 0 aliphatic heterocycles. The van der Waals surface area contributed by atoms with Crippen LogP contribution in [-0.4, -0.2) is 10.5 Å². The number of rotatable bonds is 4. The molecule has 4 nitrogen and oxygen atoms in total. The van der Waals surface area contributed by atoms with E-state index in [9.17, 15) is 4.79 Å². The van der Waals surface area contributed by atoms with Crippen LogP contribution in [0.25, 0.3) is 10.2 Å².